The summed E-state index contributed by atoms with van der Waals surface area (Å²) in [6.45, 7) is 4.42. The third-order valence-electron chi connectivity index (χ3n) is 2.75. The molecule has 0 fully saturated rings. The van der Waals surface area contributed by atoms with Gasteiger partial charge in [0.1, 0.15) is 5.75 Å². The number of hydrogen-bond donors (Lipinski definition) is 3. The number of carbonyl (C=O) groups excluding carboxylic acids is 1. The topological polar surface area (TPSA) is 75.4 Å². The Morgan fingerprint density at radius 1 is 1.53 bits per heavy atom. The van der Waals surface area contributed by atoms with Gasteiger partial charge in [0.05, 0.1) is 0 Å². The summed E-state index contributed by atoms with van der Waals surface area (Å²) in [7, 11) is 0. The van der Waals surface area contributed by atoms with Gasteiger partial charge in [0.2, 0.25) is 5.91 Å². The van der Waals surface area contributed by atoms with E-state index in [4.69, 9.17) is 5.73 Å². The van der Waals surface area contributed by atoms with Crippen LogP contribution in [-0.2, 0) is 4.79 Å². The lowest BCUT2D eigenvalue weighted by Gasteiger charge is -2.09. The Bertz CT molecular complexity index is 391. The van der Waals surface area contributed by atoms with Crippen LogP contribution in [0.15, 0.2) is 18.2 Å². The fourth-order valence-corrected chi connectivity index (χ4v) is 1.45. The van der Waals surface area contributed by atoms with E-state index in [9.17, 15) is 9.90 Å². The first kappa shape index (κ1) is 13.5. The van der Waals surface area contributed by atoms with E-state index < -0.39 is 0 Å². The van der Waals surface area contributed by atoms with Crippen LogP contribution in [0.1, 0.15) is 25.3 Å². The number of carbonyl (C=O) groups is 1. The van der Waals surface area contributed by atoms with Crippen LogP contribution in [0.2, 0.25) is 0 Å². The average Bonchev–Trinajstić information content (AvgIpc) is 2.31. The summed E-state index contributed by atoms with van der Waals surface area (Å²) in [6, 6.07) is 5.01. The summed E-state index contributed by atoms with van der Waals surface area (Å²) in [5, 5.41) is 12.2. The third-order valence-corrected chi connectivity index (χ3v) is 2.75. The van der Waals surface area contributed by atoms with Gasteiger partial charge in [-0.1, -0.05) is 6.92 Å². The molecule has 4 heteroatoms. The van der Waals surface area contributed by atoms with Gasteiger partial charge in [0.15, 0.2) is 0 Å². The molecule has 0 heterocycles. The van der Waals surface area contributed by atoms with Crippen LogP contribution in [0.5, 0.6) is 5.75 Å². The van der Waals surface area contributed by atoms with Crippen LogP contribution in [0.25, 0.3) is 0 Å². The van der Waals surface area contributed by atoms with Gasteiger partial charge in [-0.15, -0.1) is 0 Å². The molecule has 0 aliphatic heterocycles. The first-order valence-electron chi connectivity index (χ1n) is 5.82. The molecular formula is C13H20N2O2. The zero-order valence-corrected chi connectivity index (χ0v) is 10.4. The van der Waals surface area contributed by atoms with Gasteiger partial charge >= 0.3 is 0 Å². The Morgan fingerprint density at radius 2 is 2.24 bits per heavy atom. The van der Waals surface area contributed by atoms with Crippen LogP contribution < -0.4 is 11.1 Å². The van der Waals surface area contributed by atoms with Gasteiger partial charge < -0.3 is 16.2 Å². The smallest absolute Gasteiger partial charge is 0.224 e. The normalized spacial score (nSPS) is 12.2. The highest BCUT2D eigenvalue weighted by molar-refractivity contribution is 5.90. The first-order valence-corrected chi connectivity index (χ1v) is 5.82. The SMILES string of the molecule is Cc1cc(NC(=O)CCC(C)CN)ccc1O. The van der Waals surface area contributed by atoms with Gasteiger partial charge in [-0.2, -0.15) is 0 Å². The number of phenolic OH excluding ortho intramolecular Hbond substituents is 1. The number of amides is 1. The second-order valence-electron chi connectivity index (χ2n) is 4.43. The quantitative estimate of drug-likeness (QED) is 0.684. The van der Waals surface area contributed by atoms with Crippen molar-refractivity contribution in [3.05, 3.63) is 23.8 Å². The van der Waals surface area contributed by atoms with E-state index in [1.165, 1.54) is 0 Å². The molecule has 94 valence electrons. The molecule has 1 unspecified atom stereocenters. The van der Waals surface area contributed by atoms with Crippen molar-refractivity contribution in [2.75, 3.05) is 11.9 Å². The van der Waals surface area contributed by atoms with Crippen LogP contribution in [0.3, 0.4) is 0 Å². The molecule has 0 aliphatic rings. The molecule has 1 aromatic carbocycles. The average molecular weight is 236 g/mol. The van der Waals surface area contributed by atoms with Gasteiger partial charge in [0, 0.05) is 12.1 Å². The molecule has 4 nitrogen and oxygen atoms in total. The summed E-state index contributed by atoms with van der Waals surface area (Å²) in [5.74, 6) is 0.581. The summed E-state index contributed by atoms with van der Waals surface area (Å²) in [6.07, 6.45) is 1.26. The standard InChI is InChI=1S/C13H20N2O2/c1-9(8-14)3-6-13(17)15-11-4-5-12(16)10(2)7-11/h4-5,7,9,16H,3,6,8,14H2,1-2H3,(H,15,17). The molecule has 0 bridgehead atoms. The molecule has 1 amide bonds. The maximum absolute atomic E-state index is 11.6. The predicted molar refractivity (Wildman–Crippen MR) is 68.9 cm³/mol. The molecule has 17 heavy (non-hydrogen) atoms. The molecular weight excluding hydrogens is 216 g/mol. The summed E-state index contributed by atoms with van der Waals surface area (Å²) in [4.78, 5) is 11.6. The molecule has 0 saturated carbocycles. The van der Waals surface area contributed by atoms with Crippen LogP contribution >= 0.6 is 0 Å². The lowest BCUT2D eigenvalue weighted by Crippen LogP contribution is -2.16. The van der Waals surface area contributed by atoms with Crippen LogP contribution in [0.4, 0.5) is 5.69 Å². The molecule has 0 radical (unpaired) electrons. The first-order chi connectivity index (χ1) is 8.02. The highest BCUT2D eigenvalue weighted by atomic mass is 16.3. The van der Waals surface area contributed by atoms with Crippen molar-refractivity contribution in [3.8, 4) is 5.75 Å². The van der Waals surface area contributed by atoms with E-state index in [1.54, 1.807) is 25.1 Å². The van der Waals surface area contributed by atoms with Crippen LogP contribution in [-0.4, -0.2) is 17.6 Å². The van der Waals surface area contributed by atoms with E-state index in [-0.39, 0.29) is 11.7 Å². The number of anilines is 1. The number of nitrogens with two attached hydrogens (primary N) is 1. The third kappa shape index (κ3) is 4.44. The lowest BCUT2D eigenvalue weighted by molar-refractivity contribution is -0.116. The van der Waals surface area contributed by atoms with Crippen molar-refractivity contribution in [2.24, 2.45) is 11.7 Å². The lowest BCUT2D eigenvalue weighted by atomic mass is 10.1. The second kappa shape index (κ2) is 6.25. The van der Waals surface area contributed by atoms with E-state index in [1.807, 2.05) is 6.92 Å². The number of aromatic hydroxyl groups is 1. The summed E-state index contributed by atoms with van der Waals surface area (Å²) < 4.78 is 0. The molecule has 0 aliphatic carbocycles. The van der Waals surface area contributed by atoms with Gasteiger partial charge in [-0.25, -0.2) is 0 Å². The van der Waals surface area contributed by atoms with Crippen LogP contribution in [0, 0.1) is 12.8 Å². The van der Waals surface area contributed by atoms with E-state index in [2.05, 4.69) is 5.32 Å². The summed E-state index contributed by atoms with van der Waals surface area (Å²) >= 11 is 0. The predicted octanol–water partition coefficient (Wildman–Crippen LogP) is 2.01. The Kier molecular flexibility index (Phi) is 4.97. The van der Waals surface area contributed by atoms with Crippen molar-refractivity contribution in [3.63, 3.8) is 0 Å². The number of phenols is 1. The number of benzene rings is 1. The Morgan fingerprint density at radius 3 is 2.82 bits per heavy atom. The Balaban J connectivity index is 2.48. The molecule has 0 saturated heterocycles. The van der Waals surface area contributed by atoms with Crippen molar-refractivity contribution < 1.29 is 9.90 Å². The Labute approximate surface area is 102 Å². The summed E-state index contributed by atoms with van der Waals surface area (Å²) in [5.41, 5.74) is 6.95. The molecule has 4 N–H and O–H groups in total. The monoisotopic (exact) mass is 236 g/mol. The minimum absolute atomic E-state index is 0.0182. The zero-order chi connectivity index (χ0) is 12.8. The van der Waals surface area contributed by atoms with Gasteiger partial charge in [-0.3, -0.25) is 4.79 Å². The van der Waals surface area contributed by atoms with Crippen molar-refractivity contribution >= 4 is 11.6 Å². The molecule has 1 atom stereocenters. The molecule has 1 aromatic rings. The number of aryl methyl sites for hydroxylation is 1. The number of nitrogens with one attached hydrogen (secondary N) is 1. The fourth-order valence-electron chi connectivity index (χ4n) is 1.45. The molecule has 0 aromatic heterocycles. The maximum Gasteiger partial charge on any atom is 0.224 e. The highest BCUT2D eigenvalue weighted by Crippen LogP contribution is 2.20. The van der Waals surface area contributed by atoms with Crippen molar-refractivity contribution in [2.45, 2.75) is 26.7 Å². The molecule has 1 rings (SSSR count). The van der Waals surface area contributed by atoms with Gasteiger partial charge in [0.25, 0.3) is 0 Å². The van der Waals surface area contributed by atoms with E-state index in [0.717, 1.165) is 12.0 Å². The van der Waals surface area contributed by atoms with Gasteiger partial charge in [-0.05, 0) is 49.6 Å². The van der Waals surface area contributed by atoms with Crippen molar-refractivity contribution in [1.82, 2.24) is 0 Å². The second-order valence-corrected chi connectivity index (χ2v) is 4.43. The van der Waals surface area contributed by atoms with E-state index >= 15 is 0 Å². The van der Waals surface area contributed by atoms with Crippen molar-refractivity contribution in [1.29, 1.82) is 0 Å². The maximum atomic E-state index is 11.6. The number of hydrogen-bond acceptors (Lipinski definition) is 3. The highest BCUT2D eigenvalue weighted by Gasteiger charge is 2.06. The minimum atomic E-state index is -0.0182. The minimum Gasteiger partial charge on any atom is -0.508 e. The van der Waals surface area contributed by atoms with E-state index in [0.29, 0.717) is 24.6 Å². The Hall–Kier alpha value is -1.55. The molecule has 0 spiro atoms. The fraction of sp³-hybridized carbons (Fsp3) is 0.462. The number of rotatable bonds is 5. The largest absolute Gasteiger partial charge is 0.508 e. The zero-order valence-electron chi connectivity index (χ0n) is 10.4.